The van der Waals surface area contributed by atoms with Crippen molar-refractivity contribution < 1.29 is 37.5 Å². The molecule has 216 valence electrons. The molecule has 1 unspecified atom stereocenters. The molecule has 13 heteroatoms. The van der Waals surface area contributed by atoms with Crippen LogP contribution >= 0.6 is 18.9 Å². The highest BCUT2D eigenvalue weighted by Crippen LogP contribution is 2.59. The van der Waals surface area contributed by atoms with Crippen LogP contribution in [0.1, 0.15) is 79.4 Å². The van der Waals surface area contributed by atoms with Crippen LogP contribution in [-0.2, 0) is 19.8 Å². The third-order valence-electron chi connectivity index (χ3n) is 9.07. The highest BCUT2D eigenvalue weighted by molar-refractivity contribution is 7.52. The van der Waals surface area contributed by atoms with Crippen molar-refractivity contribution in [1.29, 1.82) is 0 Å². The van der Waals surface area contributed by atoms with Gasteiger partial charge in [0.25, 0.3) is 5.91 Å². The summed E-state index contributed by atoms with van der Waals surface area (Å²) in [5.41, 5.74) is -5.20. The van der Waals surface area contributed by atoms with Gasteiger partial charge in [-0.1, -0.05) is 18.9 Å². The summed E-state index contributed by atoms with van der Waals surface area (Å²) in [4.78, 5) is 62.8. The van der Waals surface area contributed by atoms with Crippen molar-refractivity contribution in [2.24, 2.45) is 0 Å². The Hall–Kier alpha value is -2.40. The quantitative estimate of drug-likeness (QED) is 0.442. The minimum absolute atomic E-state index is 0.00906. The number of benzene rings is 1. The maximum Gasteiger partial charge on any atom is 0.399 e. The second kappa shape index (κ2) is 9.86. The number of hydrogen-bond donors (Lipinski definition) is 3. The van der Waals surface area contributed by atoms with Crippen LogP contribution in [0.5, 0.6) is 0 Å². The van der Waals surface area contributed by atoms with Gasteiger partial charge in [-0.15, -0.1) is 11.3 Å². The summed E-state index contributed by atoms with van der Waals surface area (Å²) < 4.78 is 40.2. The third kappa shape index (κ3) is 4.66. The van der Waals surface area contributed by atoms with E-state index in [0.717, 1.165) is 81.4 Å². The predicted molar refractivity (Wildman–Crippen MR) is 144 cm³/mol. The van der Waals surface area contributed by atoms with Gasteiger partial charge < -0.3 is 24.9 Å². The summed E-state index contributed by atoms with van der Waals surface area (Å²) in [6, 6.07) is 3.24. The first-order chi connectivity index (χ1) is 18.9. The van der Waals surface area contributed by atoms with E-state index >= 15 is 0 Å². The highest BCUT2D eigenvalue weighted by Gasteiger charge is 2.56. The predicted octanol–water partition coefficient (Wildman–Crippen LogP) is 4.32. The fraction of sp³-hybridized carbons (Fsp3) is 0.593. The van der Waals surface area contributed by atoms with Gasteiger partial charge >= 0.3 is 13.3 Å². The number of halogens is 2. The standard InChI is InChI=1S/C27H32F2N3O6PS/c28-27(29,39(36,37)38)17-6-9-21-16(14-17)15-22(40-21)23(33)30-19-5-2-1-4-18-7-8-20(32(18)24(19)34)25(35)31-13-3-10-26(31)11-12-26/h6,9,14-15,18-20H,1-5,7-8,10-13H2,(H,30,33)(H2,36,37,38)/t18-,19?,20-/m0/s1. The van der Waals surface area contributed by atoms with E-state index in [1.807, 2.05) is 4.90 Å². The van der Waals surface area contributed by atoms with Gasteiger partial charge in [-0.2, -0.15) is 8.78 Å². The number of hydrogen-bond acceptors (Lipinski definition) is 5. The van der Waals surface area contributed by atoms with Crippen LogP contribution < -0.4 is 5.32 Å². The van der Waals surface area contributed by atoms with Gasteiger partial charge in [-0.05, 0) is 75.0 Å². The number of nitrogens with zero attached hydrogens (tertiary/aromatic N) is 2. The van der Waals surface area contributed by atoms with Crippen LogP contribution in [0.4, 0.5) is 8.78 Å². The van der Waals surface area contributed by atoms with E-state index < -0.39 is 36.8 Å². The number of carbonyl (C=O) groups excluding carboxylic acids is 3. The molecular weight excluding hydrogens is 563 g/mol. The fourth-order valence-electron chi connectivity index (χ4n) is 6.77. The van der Waals surface area contributed by atoms with Crippen LogP contribution in [0.3, 0.4) is 0 Å². The van der Waals surface area contributed by atoms with Crippen LogP contribution in [0, 0.1) is 0 Å². The molecule has 2 aromatic rings. The molecule has 0 radical (unpaired) electrons. The average molecular weight is 596 g/mol. The zero-order valence-corrected chi connectivity index (χ0v) is 23.6. The van der Waals surface area contributed by atoms with Crippen molar-refractivity contribution in [3.8, 4) is 0 Å². The van der Waals surface area contributed by atoms with Gasteiger partial charge in [0.05, 0.1) is 4.88 Å². The van der Waals surface area contributed by atoms with E-state index in [1.54, 1.807) is 4.90 Å². The molecule has 40 heavy (non-hydrogen) atoms. The number of rotatable bonds is 5. The monoisotopic (exact) mass is 595 g/mol. The summed E-state index contributed by atoms with van der Waals surface area (Å²) in [6.45, 7) is 0.732. The first-order valence-electron chi connectivity index (χ1n) is 13.8. The van der Waals surface area contributed by atoms with Crippen molar-refractivity contribution in [2.75, 3.05) is 6.54 Å². The second-order valence-electron chi connectivity index (χ2n) is 11.6. The lowest BCUT2D eigenvalue weighted by Gasteiger charge is -2.37. The molecule has 4 heterocycles. The Morgan fingerprint density at radius 2 is 1.80 bits per heavy atom. The Balaban J connectivity index is 1.21. The first-order valence-corrected chi connectivity index (χ1v) is 16.3. The molecule has 3 atom stereocenters. The van der Waals surface area contributed by atoms with Gasteiger partial charge in [0.15, 0.2) is 0 Å². The van der Waals surface area contributed by atoms with Crippen molar-refractivity contribution in [3.63, 3.8) is 0 Å². The number of amides is 3. The molecule has 6 rings (SSSR count). The van der Waals surface area contributed by atoms with E-state index in [-0.39, 0.29) is 33.7 Å². The highest BCUT2D eigenvalue weighted by atomic mass is 32.1. The molecular formula is C27H32F2N3O6PS. The van der Waals surface area contributed by atoms with Crippen molar-refractivity contribution in [3.05, 3.63) is 34.7 Å². The summed E-state index contributed by atoms with van der Waals surface area (Å²) in [7, 11) is -5.73. The zero-order valence-electron chi connectivity index (χ0n) is 21.9. The van der Waals surface area contributed by atoms with E-state index in [0.29, 0.717) is 17.5 Å². The second-order valence-corrected chi connectivity index (χ2v) is 14.3. The van der Waals surface area contributed by atoms with Crippen LogP contribution in [0.2, 0.25) is 0 Å². The van der Waals surface area contributed by atoms with Crippen LogP contribution in [-0.4, -0.2) is 67.5 Å². The zero-order chi connectivity index (χ0) is 28.4. The molecule has 3 aliphatic heterocycles. The summed E-state index contributed by atoms with van der Waals surface area (Å²) in [5.74, 6) is -0.745. The van der Waals surface area contributed by atoms with Gasteiger partial charge in [-0.3, -0.25) is 18.9 Å². The van der Waals surface area contributed by atoms with Crippen LogP contribution in [0.15, 0.2) is 24.3 Å². The minimum Gasteiger partial charge on any atom is -0.340 e. The number of thiophene rings is 1. The molecule has 1 aromatic carbocycles. The van der Waals surface area contributed by atoms with E-state index in [4.69, 9.17) is 9.79 Å². The number of fused-ring (bicyclic) bond motifs is 2. The third-order valence-corrected chi connectivity index (χ3v) is 11.2. The lowest BCUT2D eigenvalue weighted by atomic mass is 9.99. The lowest BCUT2D eigenvalue weighted by Crippen LogP contribution is -2.57. The minimum atomic E-state index is -5.73. The molecule has 1 aliphatic carbocycles. The molecule has 4 aliphatic rings. The van der Waals surface area contributed by atoms with Crippen LogP contribution in [0.25, 0.3) is 10.1 Å². The maximum absolute atomic E-state index is 14.2. The molecule has 3 amide bonds. The SMILES string of the molecule is O=C(NC1CCCC[C@H]2CC[C@@H](C(=O)N3CCCC34CC4)N2C1=O)c1cc2cc(C(F)(F)P(=O)(O)O)ccc2s1. The normalized spacial score (nSPS) is 26.6. The Bertz CT molecular complexity index is 1420. The maximum atomic E-state index is 14.2. The van der Waals surface area contributed by atoms with Crippen molar-refractivity contribution >= 4 is 46.7 Å². The molecule has 4 fully saturated rings. The Morgan fingerprint density at radius 3 is 2.52 bits per heavy atom. The summed E-state index contributed by atoms with van der Waals surface area (Å²) in [5, 5.41) is 3.08. The summed E-state index contributed by atoms with van der Waals surface area (Å²) >= 11 is 1.04. The topological polar surface area (TPSA) is 127 Å². The molecule has 0 bridgehead atoms. The largest absolute Gasteiger partial charge is 0.399 e. The number of likely N-dealkylation sites (tertiary alicyclic amines) is 1. The fourth-order valence-corrected chi connectivity index (χ4v) is 8.20. The van der Waals surface area contributed by atoms with E-state index in [1.165, 1.54) is 12.1 Å². The van der Waals surface area contributed by atoms with Crippen molar-refractivity contribution in [1.82, 2.24) is 15.1 Å². The van der Waals surface area contributed by atoms with Gasteiger partial charge in [0.1, 0.15) is 12.1 Å². The molecule has 3 saturated heterocycles. The number of carbonyl (C=O) groups is 3. The first kappa shape index (κ1) is 27.8. The number of nitrogens with one attached hydrogen (secondary N) is 1. The molecule has 1 spiro atoms. The van der Waals surface area contributed by atoms with Gasteiger partial charge in [0, 0.05) is 28.4 Å². The molecule has 1 saturated carbocycles. The lowest BCUT2D eigenvalue weighted by molar-refractivity contribution is -0.148. The number of alkyl halides is 2. The van der Waals surface area contributed by atoms with E-state index in [9.17, 15) is 27.7 Å². The smallest absolute Gasteiger partial charge is 0.340 e. The Labute approximate surface area is 234 Å². The van der Waals surface area contributed by atoms with E-state index in [2.05, 4.69) is 5.32 Å². The molecule has 9 nitrogen and oxygen atoms in total. The summed E-state index contributed by atoms with van der Waals surface area (Å²) in [6.07, 6.45) is 8.35. The Kier molecular flexibility index (Phi) is 6.84. The molecule has 3 N–H and O–H groups in total. The Morgan fingerprint density at radius 1 is 1.05 bits per heavy atom. The average Bonchev–Trinajstić information content (AvgIpc) is 3.22. The van der Waals surface area contributed by atoms with Crippen molar-refractivity contribution in [2.45, 2.75) is 93.5 Å². The van der Waals surface area contributed by atoms with Gasteiger partial charge in [0.2, 0.25) is 11.8 Å². The molecule has 1 aromatic heterocycles. The van der Waals surface area contributed by atoms with Gasteiger partial charge in [-0.25, -0.2) is 0 Å².